The highest BCUT2D eigenvalue weighted by atomic mass is 16.3. The number of fused-ring (bicyclic) bond motifs is 1. The van der Waals surface area contributed by atoms with E-state index in [0.29, 0.717) is 0 Å². The van der Waals surface area contributed by atoms with Crippen LogP contribution in [0.25, 0.3) is 0 Å². The van der Waals surface area contributed by atoms with E-state index >= 15 is 0 Å². The Bertz CT molecular complexity index is 588. The lowest BCUT2D eigenvalue weighted by Crippen LogP contribution is -2.26. The van der Waals surface area contributed by atoms with Crippen LogP contribution in [0.2, 0.25) is 0 Å². The summed E-state index contributed by atoms with van der Waals surface area (Å²) in [6.07, 6.45) is 2.92. The minimum Gasteiger partial charge on any atom is -0.469 e. The molecule has 3 heteroatoms. The van der Waals surface area contributed by atoms with Gasteiger partial charge in [-0.2, -0.15) is 0 Å². The van der Waals surface area contributed by atoms with Gasteiger partial charge in [0, 0.05) is 25.2 Å². The molecule has 2 heterocycles. The molecule has 1 aliphatic rings. The third-order valence-electron chi connectivity index (χ3n) is 4.08. The van der Waals surface area contributed by atoms with E-state index in [1.807, 2.05) is 6.92 Å². The van der Waals surface area contributed by atoms with Crippen molar-refractivity contribution in [3.8, 4) is 0 Å². The van der Waals surface area contributed by atoms with Gasteiger partial charge in [0.1, 0.15) is 5.76 Å². The van der Waals surface area contributed by atoms with Gasteiger partial charge in [0.15, 0.2) is 0 Å². The number of hydrogen-bond acceptors (Lipinski definition) is 3. The average Bonchev–Trinajstić information content (AvgIpc) is 2.85. The molecule has 3 nitrogen and oxygen atoms in total. The molecule has 0 bridgehead atoms. The Labute approximate surface area is 120 Å². The molecule has 0 radical (unpaired) electrons. The molecule has 1 aromatic carbocycles. The van der Waals surface area contributed by atoms with Crippen molar-refractivity contribution < 1.29 is 4.42 Å². The maximum atomic E-state index is 5.37. The maximum absolute atomic E-state index is 5.37. The van der Waals surface area contributed by atoms with Gasteiger partial charge >= 0.3 is 0 Å². The predicted octanol–water partition coefficient (Wildman–Crippen LogP) is 2.87. The van der Waals surface area contributed by atoms with E-state index < -0.39 is 0 Å². The number of aryl methyl sites for hydroxylation is 1. The Morgan fingerprint density at radius 1 is 1.20 bits per heavy atom. The van der Waals surface area contributed by atoms with Gasteiger partial charge in [-0.05, 0) is 49.7 Å². The quantitative estimate of drug-likeness (QED) is 0.926. The van der Waals surface area contributed by atoms with Gasteiger partial charge in [-0.25, -0.2) is 0 Å². The number of nitrogens with zero attached hydrogens (tertiary/aromatic N) is 1. The number of hydrogen-bond donors (Lipinski definition) is 1. The zero-order valence-corrected chi connectivity index (χ0v) is 12.3. The molecule has 0 unspecified atom stereocenters. The summed E-state index contributed by atoms with van der Waals surface area (Å²) < 4.78 is 5.37. The zero-order valence-electron chi connectivity index (χ0n) is 12.3. The topological polar surface area (TPSA) is 28.4 Å². The molecule has 1 aromatic heterocycles. The highest BCUT2D eigenvalue weighted by Gasteiger charge is 2.14. The molecule has 0 aliphatic carbocycles. The standard InChI is InChI=1S/C17H22N2O/c1-13-15(7-9-20-13)11-19(2)12-16-5-3-4-14-10-18-8-6-17(14)16/h3-5,7,9,18H,6,8,10-12H2,1-2H3. The molecule has 1 N–H and O–H groups in total. The van der Waals surface area contributed by atoms with E-state index in [0.717, 1.165) is 38.4 Å². The molecule has 0 saturated heterocycles. The van der Waals surface area contributed by atoms with Crippen molar-refractivity contribution in [3.05, 3.63) is 58.5 Å². The van der Waals surface area contributed by atoms with Crippen LogP contribution in [0.5, 0.6) is 0 Å². The summed E-state index contributed by atoms with van der Waals surface area (Å²) in [5, 5.41) is 3.44. The summed E-state index contributed by atoms with van der Waals surface area (Å²) in [7, 11) is 2.17. The van der Waals surface area contributed by atoms with Crippen LogP contribution in [-0.4, -0.2) is 18.5 Å². The van der Waals surface area contributed by atoms with E-state index in [9.17, 15) is 0 Å². The van der Waals surface area contributed by atoms with Crippen LogP contribution in [0, 0.1) is 6.92 Å². The smallest absolute Gasteiger partial charge is 0.105 e. The Hall–Kier alpha value is -1.58. The Morgan fingerprint density at radius 2 is 2.05 bits per heavy atom. The number of nitrogens with one attached hydrogen (secondary N) is 1. The SMILES string of the molecule is Cc1occc1CN(C)Cc1cccc2c1CCNC2. The average molecular weight is 270 g/mol. The van der Waals surface area contributed by atoms with Crippen LogP contribution < -0.4 is 5.32 Å². The summed E-state index contributed by atoms with van der Waals surface area (Å²) in [6.45, 7) is 6.06. The van der Waals surface area contributed by atoms with Crippen LogP contribution in [0.4, 0.5) is 0 Å². The highest BCUT2D eigenvalue weighted by molar-refractivity contribution is 5.37. The monoisotopic (exact) mass is 270 g/mol. The number of furan rings is 1. The summed E-state index contributed by atoms with van der Waals surface area (Å²) >= 11 is 0. The van der Waals surface area contributed by atoms with Crippen LogP contribution in [-0.2, 0) is 26.1 Å². The van der Waals surface area contributed by atoms with Gasteiger partial charge in [0.2, 0.25) is 0 Å². The van der Waals surface area contributed by atoms with Gasteiger partial charge in [-0.15, -0.1) is 0 Å². The van der Waals surface area contributed by atoms with E-state index in [-0.39, 0.29) is 0 Å². The van der Waals surface area contributed by atoms with Crippen molar-refractivity contribution >= 4 is 0 Å². The lowest BCUT2D eigenvalue weighted by Gasteiger charge is -2.23. The first-order valence-corrected chi connectivity index (χ1v) is 7.26. The van der Waals surface area contributed by atoms with E-state index in [1.54, 1.807) is 11.8 Å². The lowest BCUT2D eigenvalue weighted by atomic mass is 9.95. The van der Waals surface area contributed by atoms with Crippen molar-refractivity contribution in [1.29, 1.82) is 0 Å². The second-order valence-electron chi connectivity index (χ2n) is 5.66. The predicted molar refractivity (Wildman–Crippen MR) is 80.5 cm³/mol. The maximum Gasteiger partial charge on any atom is 0.105 e. The fourth-order valence-corrected chi connectivity index (χ4v) is 2.97. The van der Waals surface area contributed by atoms with Gasteiger partial charge in [-0.1, -0.05) is 18.2 Å². The fourth-order valence-electron chi connectivity index (χ4n) is 2.97. The summed E-state index contributed by atoms with van der Waals surface area (Å²) in [5.41, 5.74) is 5.75. The van der Waals surface area contributed by atoms with Gasteiger partial charge < -0.3 is 9.73 Å². The molecule has 0 fully saturated rings. The molecule has 20 heavy (non-hydrogen) atoms. The minimum absolute atomic E-state index is 0.935. The Balaban J connectivity index is 1.73. The highest BCUT2D eigenvalue weighted by Crippen LogP contribution is 2.21. The largest absolute Gasteiger partial charge is 0.469 e. The molecule has 2 aromatic rings. The second-order valence-corrected chi connectivity index (χ2v) is 5.66. The normalized spacial score (nSPS) is 14.6. The van der Waals surface area contributed by atoms with Crippen LogP contribution >= 0.6 is 0 Å². The van der Waals surface area contributed by atoms with Crippen LogP contribution in [0.1, 0.15) is 28.0 Å². The Morgan fingerprint density at radius 3 is 2.85 bits per heavy atom. The molecule has 106 valence electrons. The third-order valence-corrected chi connectivity index (χ3v) is 4.08. The minimum atomic E-state index is 0.935. The van der Waals surface area contributed by atoms with E-state index in [2.05, 4.69) is 41.5 Å². The van der Waals surface area contributed by atoms with Gasteiger partial charge in [-0.3, -0.25) is 4.90 Å². The Kier molecular flexibility index (Phi) is 3.90. The molecular formula is C17H22N2O. The van der Waals surface area contributed by atoms with Crippen LogP contribution in [0.3, 0.4) is 0 Å². The first-order valence-electron chi connectivity index (χ1n) is 7.26. The molecule has 0 amide bonds. The van der Waals surface area contributed by atoms with Crippen molar-refractivity contribution in [2.75, 3.05) is 13.6 Å². The number of rotatable bonds is 4. The third kappa shape index (κ3) is 2.79. The zero-order chi connectivity index (χ0) is 13.9. The van der Waals surface area contributed by atoms with Crippen molar-refractivity contribution in [3.63, 3.8) is 0 Å². The fraction of sp³-hybridized carbons (Fsp3) is 0.412. The van der Waals surface area contributed by atoms with Crippen LogP contribution in [0.15, 0.2) is 34.9 Å². The summed E-state index contributed by atoms with van der Waals surface area (Å²) in [5.74, 6) is 1.02. The number of benzene rings is 1. The first kappa shape index (κ1) is 13.4. The second kappa shape index (κ2) is 5.81. The van der Waals surface area contributed by atoms with Crippen molar-refractivity contribution in [2.24, 2.45) is 0 Å². The molecule has 0 spiro atoms. The molecule has 1 aliphatic heterocycles. The molecular weight excluding hydrogens is 248 g/mol. The van der Waals surface area contributed by atoms with Gasteiger partial charge in [0.05, 0.1) is 6.26 Å². The van der Waals surface area contributed by atoms with Crippen molar-refractivity contribution in [2.45, 2.75) is 33.0 Å². The van der Waals surface area contributed by atoms with Crippen molar-refractivity contribution in [1.82, 2.24) is 10.2 Å². The van der Waals surface area contributed by atoms with E-state index in [4.69, 9.17) is 4.42 Å². The van der Waals surface area contributed by atoms with E-state index in [1.165, 1.54) is 16.7 Å². The molecule has 0 atom stereocenters. The first-order chi connectivity index (χ1) is 9.74. The van der Waals surface area contributed by atoms with Gasteiger partial charge in [0.25, 0.3) is 0 Å². The molecule has 0 saturated carbocycles. The summed E-state index contributed by atoms with van der Waals surface area (Å²) in [6, 6.07) is 8.75. The molecule has 3 rings (SSSR count). The lowest BCUT2D eigenvalue weighted by molar-refractivity contribution is 0.315. The summed E-state index contributed by atoms with van der Waals surface area (Å²) in [4.78, 5) is 2.36.